The van der Waals surface area contributed by atoms with Gasteiger partial charge in [-0.25, -0.2) is 4.57 Å². The van der Waals surface area contributed by atoms with E-state index in [9.17, 15) is 24.3 Å². The number of nitrogens with two attached hydrogens (primary N) is 4. The van der Waals surface area contributed by atoms with Crippen molar-refractivity contribution in [1.29, 1.82) is 0 Å². The van der Waals surface area contributed by atoms with Crippen molar-refractivity contribution in [2.75, 3.05) is 0 Å². The largest absolute Gasteiger partial charge is 0.480 e. The molecule has 0 saturated carbocycles. The molecule has 12 N–H and O–H groups in total. The molecule has 0 saturated heterocycles. The van der Waals surface area contributed by atoms with Crippen molar-refractivity contribution >= 4 is 23.9 Å². The van der Waals surface area contributed by atoms with Gasteiger partial charge in [-0.3, -0.25) is 19.2 Å². The van der Waals surface area contributed by atoms with Gasteiger partial charge >= 0.3 is 23.9 Å². The van der Waals surface area contributed by atoms with E-state index >= 15 is 0 Å². The molecular weight excluding hydrogens is 486 g/mol. The van der Waals surface area contributed by atoms with E-state index in [-0.39, 0.29) is 75.9 Å². The SMILES string of the molecule is [2H]c1c(CC[C@H](N)C(=O)O)cc(CC[C@H](N)C(=O)O)c(CCC[C@H](N)C(=O)O)[n+]1C([2H])([2H])CCC[C@H](N)C(=O)O. The Labute approximate surface area is 219 Å². The van der Waals surface area contributed by atoms with Crippen LogP contribution in [0.25, 0.3) is 0 Å². The smallest absolute Gasteiger partial charge is 0.320 e. The number of aryl methyl sites for hydroxylation is 2. The van der Waals surface area contributed by atoms with Crippen LogP contribution in [0.1, 0.15) is 65.9 Å². The normalized spacial score (nSPS) is 16.1. The predicted molar refractivity (Wildman–Crippen MR) is 133 cm³/mol. The van der Waals surface area contributed by atoms with Crippen molar-refractivity contribution in [3.63, 3.8) is 0 Å². The maximum Gasteiger partial charge on any atom is 0.320 e. The molecule has 13 nitrogen and oxygen atoms in total. The molecule has 0 unspecified atom stereocenters. The Morgan fingerprint density at radius 3 is 1.70 bits per heavy atom. The number of rotatable bonds is 19. The average Bonchev–Trinajstić information content (AvgIpc) is 2.86. The standard InChI is InChI=1S/C24H39N5O8/c25-16(21(30)31)4-1-2-11-29-13-14(7-9-18(27)23(34)35)12-15(8-10-19(28)24(36)37)20(29)6-3-5-17(26)22(32)33/h12-13,16-19H,1-11,25-28H2,(H3-,30,31,32,33,34,35,36,37)/p+1/t16-,17-,18-,19-/m0/s1/i11D2,13D. The van der Waals surface area contributed by atoms with Gasteiger partial charge in [0.2, 0.25) is 0 Å². The van der Waals surface area contributed by atoms with Gasteiger partial charge in [0.05, 0.1) is 0 Å². The van der Waals surface area contributed by atoms with E-state index in [1.54, 1.807) is 6.07 Å². The van der Waals surface area contributed by atoms with E-state index in [0.29, 0.717) is 11.3 Å². The Balaban J connectivity index is 3.61. The average molecular weight is 530 g/mol. The van der Waals surface area contributed by atoms with E-state index in [2.05, 4.69) is 0 Å². The van der Waals surface area contributed by atoms with Crippen LogP contribution in [-0.2, 0) is 44.9 Å². The molecule has 0 aliphatic carbocycles. The number of hydrogen-bond acceptors (Lipinski definition) is 8. The molecule has 37 heavy (non-hydrogen) atoms. The number of nitrogens with zero attached hydrogens (tertiary/aromatic N) is 1. The fourth-order valence-electron chi connectivity index (χ4n) is 3.55. The highest BCUT2D eigenvalue weighted by molar-refractivity contribution is 5.74. The quantitative estimate of drug-likeness (QED) is 0.100. The van der Waals surface area contributed by atoms with Gasteiger partial charge in [-0.2, -0.15) is 0 Å². The maximum atomic E-state index is 11.3. The zero-order valence-corrected chi connectivity index (χ0v) is 20.6. The Hall–Kier alpha value is -3.13. The highest BCUT2D eigenvalue weighted by Crippen LogP contribution is 2.17. The number of aliphatic carboxylic acids is 4. The lowest BCUT2D eigenvalue weighted by Crippen LogP contribution is -2.41. The molecule has 0 aromatic carbocycles. The van der Waals surface area contributed by atoms with E-state index in [4.69, 9.17) is 42.4 Å². The van der Waals surface area contributed by atoms with Gasteiger partial charge in [0.25, 0.3) is 0 Å². The molecule has 13 heteroatoms. The van der Waals surface area contributed by atoms with Crippen molar-refractivity contribution in [2.45, 2.75) is 94.9 Å². The zero-order chi connectivity index (χ0) is 30.8. The molecule has 0 radical (unpaired) electrons. The number of pyridine rings is 1. The summed E-state index contributed by atoms with van der Waals surface area (Å²) < 4.78 is 27.6. The molecular formula is C24H40N5O8+. The monoisotopic (exact) mass is 529 g/mol. The molecule has 4 atom stereocenters. The lowest BCUT2D eigenvalue weighted by atomic mass is 9.96. The van der Waals surface area contributed by atoms with E-state index in [1.165, 1.54) is 0 Å². The highest BCUT2D eigenvalue weighted by Gasteiger charge is 2.23. The molecule has 0 aliphatic heterocycles. The number of aromatic nitrogens is 1. The van der Waals surface area contributed by atoms with Gasteiger partial charge in [-0.1, -0.05) is 0 Å². The fourth-order valence-corrected chi connectivity index (χ4v) is 3.55. The topological polar surface area (TPSA) is 257 Å². The molecule has 0 aliphatic rings. The molecule has 1 aromatic heterocycles. The minimum absolute atomic E-state index is 0.00835. The van der Waals surface area contributed by atoms with Gasteiger partial charge < -0.3 is 43.4 Å². The van der Waals surface area contributed by atoms with Crippen LogP contribution in [0.5, 0.6) is 0 Å². The molecule has 0 spiro atoms. The first-order valence-corrected chi connectivity index (χ1v) is 12.0. The molecule has 1 rings (SSSR count). The summed E-state index contributed by atoms with van der Waals surface area (Å²) in [6, 6.07) is -3.26. The Morgan fingerprint density at radius 2 is 1.19 bits per heavy atom. The third-order valence-corrected chi connectivity index (χ3v) is 5.85. The molecule has 0 bridgehead atoms. The summed E-state index contributed by atoms with van der Waals surface area (Å²) in [4.78, 5) is 44.8. The molecule has 0 fully saturated rings. The molecule has 1 heterocycles. The van der Waals surface area contributed by atoms with Crippen LogP contribution < -0.4 is 27.5 Å². The van der Waals surface area contributed by atoms with Crippen LogP contribution in [0.4, 0.5) is 0 Å². The zero-order valence-electron chi connectivity index (χ0n) is 23.6. The first-order chi connectivity index (χ1) is 18.5. The minimum atomic E-state index is -2.24. The van der Waals surface area contributed by atoms with Gasteiger partial charge in [-0.15, -0.1) is 0 Å². The van der Waals surface area contributed by atoms with Crippen LogP contribution >= 0.6 is 0 Å². The van der Waals surface area contributed by atoms with E-state index in [1.807, 2.05) is 0 Å². The summed E-state index contributed by atoms with van der Waals surface area (Å²) in [6.45, 7) is -2.24. The van der Waals surface area contributed by atoms with Crippen LogP contribution in [0, 0.1) is 0 Å². The van der Waals surface area contributed by atoms with Crippen molar-refractivity contribution in [3.8, 4) is 0 Å². The second kappa shape index (κ2) is 15.9. The minimum Gasteiger partial charge on any atom is -0.480 e. The molecule has 1 aromatic rings. The summed E-state index contributed by atoms with van der Waals surface area (Å²) in [5, 5.41) is 36.6. The molecule has 0 amide bonds. The number of carboxylic acid groups (broad SMARTS) is 4. The summed E-state index contributed by atoms with van der Waals surface area (Å²) >= 11 is 0. The van der Waals surface area contributed by atoms with Gasteiger partial charge in [-0.05, 0) is 57.4 Å². The second-order valence-corrected chi connectivity index (χ2v) is 8.89. The Bertz CT molecular complexity index is 1080. The maximum absolute atomic E-state index is 11.3. The van der Waals surface area contributed by atoms with Gasteiger partial charge in [0.15, 0.2) is 11.9 Å². The lowest BCUT2D eigenvalue weighted by Gasteiger charge is -2.15. The Kier molecular flexibility index (Phi) is 11.5. The third kappa shape index (κ3) is 11.6. The van der Waals surface area contributed by atoms with E-state index in [0.717, 1.165) is 4.57 Å². The van der Waals surface area contributed by atoms with Gasteiger partial charge in [0.1, 0.15) is 34.8 Å². The summed E-state index contributed by atoms with van der Waals surface area (Å²) in [5.41, 5.74) is 23.5. The lowest BCUT2D eigenvalue weighted by molar-refractivity contribution is -0.705. The highest BCUT2D eigenvalue weighted by atomic mass is 16.4. The first kappa shape index (κ1) is 26.9. The van der Waals surface area contributed by atoms with Crippen LogP contribution in [-0.4, -0.2) is 68.5 Å². The number of carboxylic acids is 4. The summed E-state index contributed by atoms with van der Waals surface area (Å²) in [7, 11) is 0. The van der Waals surface area contributed by atoms with Crippen LogP contribution in [0.3, 0.4) is 0 Å². The second-order valence-electron chi connectivity index (χ2n) is 8.89. The molecule has 208 valence electrons. The van der Waals surface area contributed by atoms with Crippen LogP contribution in [0.15, 0.2) is 12.2 Å². The van der Waals surface area contributed by atoms with Crippen LogP contribution in [0.2, 0.25) is 0 Å². The summed E-state index contributed by atoms with van der Waals surface area (Å²) in [5.74, 6) is -4.93. The van der Waals surface area contributed by atoms with Gasteiger partial charge in [0, 0.05) is 24.0 Å². The van der Waals surface area contributed by atoms with Crippen molar-refractivity contribution < 1.29 is 48.3 Å². The Morgan fingerprint density at radius 1 is 0.730 bits per heavy atom. The predicted octanol–water partition coefficient (Wildman–Crippen LogP) is -1.02. The number of carbonyl (C=O) groups is 4. The first-order valence-electron chi connectivity index (χ1n) is 13.5. The summed E-state index contributed by atoms with van der Waals surface area (Å²) in [6.07, 6.45) is -0.128. The van der Waals surface area contributed by atoms with E-state index < -0.39 is 54.5 Å². The third-order valence-electron chi connectivity index (χ3n) is 5.85. The fraction of sp³-hybridized carbons (Fsp3) is 0.625. The number of hydrogen-bond donors (Lipinski definition) is 8. The van der Waals surface area contributed by atoms with Crippen molar-refractivity contribution in [3.05, 3.63) is 29.1 Å². The van der Waals surface area contributed by atoms with Crippen molar-refractivity contribution in [1.82, 2.24) is 0 Å². The van der Waals surface area contributed by atoms with Crippen molar-refractivity contribution in [2.24, 2.45) is 22.9 Å².